The second kappa shape index (κ2) is 10.3. The molecule has 134 valence electrons. The van der Waals surface area contributed by atoms with E-state index in [4.69, 9.17) is 0 Å². The summed E-state index contributed by atoms with van der Waals surface area (Å²) in [5, 5.41) is 0. The quantitative estimate of drug-likeness (QED) is 0.375. The summed E-state index contributed by atoms with van der Waals surface area (Å²) in [6, 6.07) is 0. The standard InChI is InChI=1S/C10H15.3C3H8N.Hf/c1-10(2,3)8-9-6-4-5-7-9;3*1-2-3-4;/h4,6H,5,8H2,1-3H3;3*4H,2-3H2,1H3;/q;3*-1;+3. The van der Waals surface area contributed by atoms with Gasteiger partial charge in [0.25, 0.3) is 0 Å². The molecule has 0 aromatic heterocycles. The molecule has 0 aromatic carbocycles. The van der Waals surface area contributed by atoms with Gasteiger partial charge in [0.05, 0.1) is 0 Å². The Morgan fingerprint density at radius 3 is 1.78 bits per heavy atom. The molecule has 1 rings (SSSR count). The topological polar surface area (TPSA) is 36.1 Å². The van der Waals surface area contributed by atoms with Crippen molar-refractivity contribution in [2.75, 3.05) is 19.6 Å². The van der Waals surface area contributed by atoms with E-state index in [0.29, 0.717) is 5.41 Å². The molecule has 4 heteroatoms. The number of hydrogen-bond acceptors (Lipinski definition) is 3. The first-order valence-corrected chi connectivity index (χ1v) is 16.7. The molecule has 0 saturated heterocycles. The van der Waals surface area contributed by atoms with Gasteiger partial charge in [-0.05, 0) is 0 Å². The van der Waals surface area contributed by atoms with E-state index in [2.05, 4.69) is 63.6 Å². The molecule has 1 aliphatic carbocycles. The predicted octanol–water partition coefficient (Wildman–Crippen LogP) is 4.53. The summed E-state index contributed by atoms with van der Waals surface area (Å²) < 4.78 is 13.7. The Balaban J connectivity index is 3.14. The van der Waals surface area contributed by atoms with Gasteiger partial charge in [-0.25, -0.2) is 0 Å². The molecular weight excluding hydrogens is 449 g/mol. The van der Waals surface area contributed by atoms with Crippen molar-refractivity contribution in [2.24, 2.45) is 5.41 Å². The zero-order valence-electron chi connectivity index (χ0n) is 16.3. The van der Waals surface area contributed by atoms with E-state index < -0.39 is 20.8 Å². The van der Waals surface area contributed by atoms with E-state index in [9.17, 15) is 0 Å². The van der Waals surface area contributed by atoms with Gasteiger partial charge in [0, 0.05) is 0 Å². The second-order valence-electron chi connectivity index (χ2n) is 7.88. The average Bonchev–Trinajstić information content (AvgIpc) is 2.93. The third kappa shape index (κ3) is 6.93. The van der Waals surface area contributed by atoms with E-state index >= 15 is 0 Å². The van der Waals surface area contributed by atoms with Gasteiger partial charge in [-0.1, -0.05) is 0 Å². The molecule has 1 aliphatic rings. The maximum absolute atomic E-state index is 4.01. The zero-order chi connectivity index (χ0) is 17.3. The summed E-state index contributed by atoms with van der Waals surface area (Å²) >= 11 is -3.08. The van der Waals surface area contributed by atoms with Gasteiger partial charge in [-0.3, -0.25) is 0 Å². The number of allylic oxidation sites excluding steroid dienone is 4. The maximum atomic E-state index is 4.01. The van der Waals surface area contributed by atoms with Gasteiger partial charge >= 0.3 is 150 Å². The van der Waals surface area contributed by atoms with E-state index in [1.54, 1.807) is 8.90 Å². The first kappa shape index (κ1) is 21.3. The number of hydrogen-bond donors (Lipinski definition) is 3. The van der Waals surface area contributed by atoms with Crippen LogP contribution in [0.1, 0.15) is 73.6 Å². The molecule has 0 spiro atoms. The molecule has 0 aliphatic heterocycles. The normalized spacial score (nSPS) is 15.7. The zero-order valence-corrected chi connectivity index (χ0v) is 19.9. The molecule has 0 amide bonds. The van der Waals surface area contributed by atoms with Gasteiger partial charge in [0.1, 0.15) is 0 Å². The molecule has 3 N–H and O–H groups in total. The van der Waals surface area contributed by atoms with Crippen LogP contribution in [0.25, 0.3) is 0 Å². The fourth-order valence-electron chi connectivity index (χ4n) is 3.13. The Bertz CT molecular complexity index is 386. The van der Waals surface area contributed by atoms with Crippen LogP contribution in [0.4, 0.5) is 0 Å². The van der Waals surface area contributed by atoms with Crippen LogP contribution in [0.2, 0.25) is 0 Å². The summed E-state index contributed by atoms with van der Waals surface area (Å²) in [5.74, 6) is 0. The van der Waals surface area contributed by atoms with Crippen LogP contribution in [-0.4, -0.2) is 19.6 Å². The number of nitrogens with one attached hydrogen (secondary N) is 3. The van der Waals surface area contributed by atoms with Gasteiger partial charge in [-0.2, -0.15) is 0 Å². The molecule has 23 heavy (non-hydrogen) atoms. The van der Waals surface area contributed by atoms with Crippen LogP contribution < -0.4 is 9.91 Å². The predicted molar refractivity (Wildman–Crippen MR) is 99.7 cm³/mol. The van der Waals surface area contributed by atoms with Crippen LogP contribution in [0, 0.1) is 5.41 Å². The molecule has 0 fully saturated rings. The van der Waals surface area contributed by atoms with Crippen molar-refractivity contribution in [2.45, 2.75) is 73.6 Å². The van der Waals surface area contributed by atoms with Crippen molar-refractivity contribution in [3.05, 3.63) is 21.1 Å². The van der Waals surface area contributed by atoms with Crippen LogP contribution in [0.5, 0.6) is 0 Å². The van der Waals surface area contributed by atoms with Gasteiger partial charge in [-0.15, -0.1) is 0 Å². The average molecular weight is 488 g/mol. The molecule has 0 bridgehead atoms. The SMILES string of the molecule is CCC[NH][Hf]([NH]CCC)([NH]CCC)[C]1=C(CC(C)(C)C)C=CC1. The van der Waals surface area contributed by atoms with Crippen LogP contribution in [-0.2, 0) is 20.8 Å². The fraction of sp³-hybridized carbons (Fsp3) is 0.789. The van der Waals surface area contributed by atoms with Crippen molar-refractivity contribution >= 4 is 0 Å². The summed E-state index contributed by atoms with van der Waals surface area (Å²) in [6.45, 7) is 17.2. The minimum absolute atomic E-state index is 0.342. The Morgan fingerprint density at radius 1 is 0.913 bits per heavy atom. The molecule has 0 saturated carbocycles. The number of rotatable bonds is 11. The van der Waals surface area contributed by atoms with Gasteiger partial charge in [0.2, 0.25) is 0 Å². The molecule has 3 nitrogen and oxygen atoms in total. The van der Waals surface area contributed by atoms with Gasteiger partial charge in [0.15, 0.2) is 0 Å². The third-order valence-electron chi connectivity index (χ3n) is 4.12. The molecule has 0 atom stereocenters. The van der Waals surface area contributed by atoms with Crippen LogP contribution >= 0.6 is 0 Å². The Kier molecular flexibility index (Phi) is 9.50. The van der Waals surface area contributed by atoms with Crippen LogP contribution in [0.3, 0.4) is 0 Å². The van der Waals surface area contributed by atoms with E-state index in [-0.39, 0.29) is 0 Å². The first-order valence-electron chi connectivity index (χ1n) is 9.52. The Morgan fingerprint density at radius 2 is 1.39 bits per heavy atom. The monoisotopic (exact) mass is 489 g/mol. The Labute approximate surface area is 150 Å². The Hall–Kier alpha value is 0.230. The molecule has 0 heterocycles. The molecular formula is C19H39HfN3. The summed E-state index contributed by atoms with van der Waals surface area (Å²) in [5.41, 5.74) is 1.93. The van der Waals surface area contributed by atoms with Crippen molar-refractivity contribution in [3.8, 4) is 0 Å². The molecule has 0 aromatic rings. The third-order valence-corrected chi connectivity index (χ3v) is 17.7. The van der Waals surface area contributed by atoms with Crippen molar-refractivity contribution in [1.29, 1.82) is 0 Å². The summed E-state index contributed by atoms with van der Waals surface area (Å²) in [7, 11) is 0. The van der Waals surface area contributed by atoms with Crippen molar-refractivity contribution in [3.63, 3.8) is 0 Å². The van der Waals surface area contributed by atoms with E-state index in [1.165, 1.54) is 25.7 Å². The van der Waals surface area contributed by atoms with Crippen molar-refractivity contribution in [1.82, 2.24) is 9.91 Å². The van der Waals surface area contributed by atoms with E-state index in [0.717, 1.165) is 26.1 Å². The summed E-state index contributed by atoms with van der Waals surface area (Å²) in [6.07, 6.45) is 10.7. The van der Waals surface area contributed by atoms with Crippen molar-refractivity contribution < 1.29 is 20.8 Å². The molecule has 0 unspecified atom stereocenters. The fourth-order valence-corrected chi connectivity index (χ4v) is 17.4. The van der Waals surface area contributed by atoms with Gasteiger partial charge < -0.3 is 0 Å². The first-order chi connectivity index (χ1) is 10.9. The van der Waals surface area contributed by atoms with E-state index in [1.807, 2.05) is 0 Å². The molecule has 0 radical (unpaired) electrons. The summed E-state index contributed by atoms with van der Waals surface area (Å²) in [4.78, 5) is 0. The van der Waals surface area contributed by atoms with Crippen LogP contribution in [0.15, 0.2) is 21.1 Å². The minimum atomic E-state index is -3.08. The second-order valence-corrected chi connectivity index (χ2v) is 19.2.